The van der Waals surface area contributed by atoms with E-state index >= 15 is 0 Å². The van der Waals surface area contributed by atoms with Crippen molar-refractivity contribution in [2.75, 3.05) is 0 Å². The maximum atomic E-state index is 8.56. The Balaban J connectivity index is 0.000000381. The minimum atomic E-state index is -0.309. The second kappa shape index (κ2) is 13.8. The van der Waals surface area contributed by atoms with Crippen molar-refractivity contribution in [1.29, 1.82) is 10.5 Å². The van der Waals surface area contributed by atoms with Gasteiger partial charge in [0.25, 0.3) is 0 Å². The summed E-state index contributed by atoms with van der Waals surface area (Å²) in [7, 11) is 0. The number of rotatable bonds is 2. The quantitative estimate of drug-likeness (QED) is 0.372. The Morgan fingerprint density at radius 2 is 1.43 bits per heavy atom. The van der Waals surface area contributed by atoms with E-state index in [2.05, 4.69) is 50.3 Å². The third-order valence-electron chi connectivity index (χ3n) is 2.52. The van der Waals surface area contributed by atoms with Crippen LogP contribution in [0.5, 0.6) is 0 Å². The lowest BCUT2D eigenvalue weighted by atomic mass is 10.2. The summed E-state index contributed by atoms with van der Waals surface area (Å²) < 4.78 is 0. The summed E-state index contributed by atoms with van der Waals surface area (Å²) in [5.74, 6) is 0. The molecule has 0 heterocycles. The Bertz CT molecular complexity index is 682. The van der Waals surface area contributed by atoms with E-state index in [4.69, 9.17) is 33.7 Å². The van der Waals surface area contributed by atoms with E-state index in [0.717, 1.165) is 11.1 Å². The number of nitriles is 2. The lowest BCUT2D eigenvalue weighted by Crippen LogP contribution is -1.85. The summed E-state index contributed by atoms with van der Waals surface area (Å²) >= 11 is 20.3. The highest BCUT2D eigenvalue weighted by Crippen LogP contribution is 2.27. The monoisotopic (exact) mass is 538 g/mol. The van der Waals surface area contributed by atoms with E-state index in [-0.39, 0.29) is 4.83 Å². The maximum absolute atomic E-state index is 8.56. The lowest BCUT2D eigenvalue weighted by molar-refractivity contribution is 1.25. The molecule has 120 valence electrons. The van der Waals surface area contributed by atoms with Gasteiger partial charge in [-0.05, 0) is 23.3 Å². The first kappa shape index (κ1) is 22.4. The highest BCUT2D eigenvalue weighted by Gasteiger charge is 2.07. The molecule has 0 radical (unpaired) electrons. The Kier molecular flexibility index (Phi) is 13.5. The summed E-state index contributed by atoms with van der Waals surface area (Å²) in [6.07, 6.45) is 0.389. The van der Waals surface area contributed by atoms with Gasteiger partial charge in [0.2, 0.25) is 0 Å². The van der Waals surface area contributed by atoms with Gasteiger partial charge in [-0.25, -0.2) is 0 Å². The van der Waals surface area contributed by atoms with Gasteiger partial charge in [0.15, 0.2) is 0 Å². The fourth-order valence-corrected chi connectivity index (χ4v) is 2.46. The molecule has 1 unspecified atom stereocenters. The minimum absolute atomic E-state index is 0.309. The predicted molar refractivity (Wildman–Crippen MR) is 107 cm³/mol. The summed E-state index contributed by atoms with van der Waals surface area (Å²) in [5, 5.41) is 18.2. The Labute approximate surface area is 170 Å². The summed E-state index contributed by atoms with van der Waals surface area (Å²) in [5.41, 5.74) is 1.71. The topological polar surface area (TPSA) is 47.6 Å². The smallest absolute Gasteiger partial charge is 0.128 e. The first-order valence-corrected chi connectivity index (χ1v) is 11.5. The van der Waals surface area contributed by atoms with E-state index in [9.17, 15) is 0 Å². The van der Waals surface area contributed by atoms with Gasteiger partial charge >= 0.3 is 0 Å². The Morgan fingerprint density at radius 3 is 1.91 bits per heavy atom. The average molecular weight is 542 g/mol. The van der Waals surface area contributed by atoms with Crippen molar-refractivity contribution in [3.63, 3.8) is 0 Å². The van der Waals surface area contributed by atoms with E-state index in [1.54, 1.807) is 12.1 Å². The molecule has 0 N–H and O–H groups in total. The molecule has 0 fully saturated rings. The normalized spacial score (nSPS) is 9.87. The highest BCUT2D eigenvalue weighted by atomic mass is 80.9. The first-order valence-electron chi connectivity index (χ1n) is 6.13. The number of hydrogen-bond acceptors (Lipinski definition) is 2. The average Bonchev–Trinajstić information content (AvgIpc) is 2.59. The second-order valence-electron chi connectivity index (χ2n) is 3.94. The van der Waals surface area contributed by atoms with Crippen LogP contribution in [0.3, 0.4) is 0 Å². The molecule has 0 aromatic heterocycles. The Morgan fingerprint density at radius 1 is 0.913 bits per heavy atom. The van der Waals surface area contributed by atoms with Gasteiger partial charge in [0, 0.05) is 38.3 Å². The molecule has 0 bridgehead atoms. The van der Waals surface area contributed by atoms with Crippen LogP contribution >= 0.6 is 67.4 Å². The second-order valence-corrected chi connectivity index (χ2v) is 5.67. The van der Waals surface area contributed by atoms with Crippen molar-refractivity contribution in [2.45, 2.75) is 11.2 Å². The van der Waals surface area contributed by atoms with Crippen molar-refractivity contribution in [3.8, 4) is 12.1 Å². The molecule has 7 heteroatoms. The van der Waals surface area contributed by atoms with Crippen molar-refractivity contribution in [1.82, 2.24) is 0 Å². The van der Waals surface area contributed by atoms with Gasteiger partial charge in [-0.15, -0.1) is 0 Å². The van der Waals surface area contributed by atoms with Crippen LogP contribution in [0.2, 0.25) is 10.0 Å². The third-order valence-corrected chi connectivity index (χ3v) is 3.93. The molecule has 0 aliphatic carbocycles. The molecule has 0 saturated heterocycles. The van der Waals surface area contributed by atoms with Crippen molar-refractivity contribution < 1.29 is 0 Å². The molecule has 2 aromatic carbocycles. The van der Waals surface area contributed by atoms with Crippen LogP contribution in [0.4, 0.5) is 0 Å². The molecule has 1 atom stereocenters. The summed E-state index contributed by atoms with van der Waals surface area (Å²) in [6.45, 7) is 0. The molecule has 23 heavy (non-hydrogen) atoms. The van der Waals surface area contributed by atoms with E-state index in [0.29, 0.717) is 16.5 Å². The molecule has 0 saturated carbocycles. The van der Waals surface area contributed by atoms with E-state index in [1.807, 2.05) is 42.5 Å². The number of alkyl halides is 1. The summed E-state index contributed by atoms with van der Waals surface area (Å²) in [6, 6.07) is 18.7. The zero-order chi connectivity index (χ0) is 17.7. The standard InChI is InChI=1S/C8H5BrClN.C8H6ClN.Br2/c9-7(5-11)6-3-1-2-4-8(6)10;9-8-4-2-1-3-7(8)5-6-10;1-2/h1-4,7H;1-4H,5H2;. The maximum Gasteiger partial charge on any atom is 0.128 e. The lowest BCUT2D eigenvalue weighted by Gasteiger charge is -2.01. The van der Waals surface area contributed by atoms with Gasteiger partial charge < -0.3 is 0 Å². The Hall–Kier alpha value is -0.560. The van der Waals surface area contributed by atoms with E-state index in [1.165, 1.54) is 0 Å². The van der Waals surface area contributed by atoms with E-state index < -0.39 is 0 Å². The SMILES string of the molecule is BrBr.N#CC(Br)c1ccccc1Cl.N#CCc1ccccc1Cl. The zero-order valence-corrected chi connectivity index (χ0v) is 18.0. The fraction of sp³-hybridized carbons (Fsp3) is 0.125. The van der Waals surface area contributed by atoms with Gasteiger partial charge in [-0.1, -0.05) is 75.5 Å². The van der Waals surface area contributed by atoms with Crippen molar-refractivity contribution in [2.24, 2.45) is 0 Å². The number of halogens is 5. The third kappa shape index (κ3) is 8.74. The van der Waals surface area contributed by atoms with Crippen LogP contribution in [0.25, 0.3) is 0 Å². The molecule has 0 aliphatic heterocycles. The van der Waals surface area contributed by atoms with Gasteiger partial charge in [-0.3, -0.25) is 0 Å². The van der Waals surface area contributed by atoms with Crippen LogP contribution < -0.4 is 0 Å². The van der Waals surface area contributed by atoms with Crippen LogP contribution in [-0.2, 0) is 6.42 Å². The molecule has 0 amide bonds. The van der Waals surface area contributed by atoms with Crippen LogP contribution in [0, 0.1) is 22.7 Å². The molecular weight excluding hydrogens is 531 g/mol. The van der Waals surface area contributed by atoms with Crippen LogP contribution in [0.15, 0.2) is 48.5 Å². The van der Waals surface area contributed by atoms with Crippen LogP contribution in [-0.4, -0.2) is 0 Å². The minimum Gasteiger partial charge on any atom is -0.198 e. The fourth-order valence-electron chi connectivity index (χ4n) is 1.48. The van der Waals surface area contributed by atoms with Crippen molar-refractivity contribution in [3.05, 3.63) is 69.7 Å². The largest absolute Gasteiger partial charge is 0.198 e. The number of benzene rings is 2. The molecule has 2 aromatic rings. The molecule has 2 nitrogen and oxygen atoms in total. The molecule has 2 rings (SSSR count). The molecule has 0 aliphatic rings. The van der Waals surface area contributed by atoms with Crippen LogP contribution in [0.1, 0.15) is 16.0 Å². The predicted octanol–water partition coefficient (Wildman–Crippen LogP) is 7.40. The molecule has 0 spiro atoms. The number of nitrogens with zero attached hydrogens (tertiary/aromatic N) is 2. The highest BCUT2D eigenvalue weighted by molar-refractivity contribution is 9.93. The number of hydrogen-bond donors (Lipinski definition) is 0. The van der Waals surface area contributed by atoms with Gasteiger partial charge in [0.1, 0.15) is 4.83 Å². The van der Waals surface area contributed by atoms with Gasteiger partial charge in [0.05, 0.1) is 18.6 Å². The summed E-state index contributed by atoms with van der Waals surface area (Å²) in [4.78, 5) is -0.309. The van der Waals surface area contributed by atoms with Crippen molar-refractivity contribution >= 4 is 67.4 Å². The van der Waals surface area contributed by atoms with Gasteiger partial charge in [-0.2, -0.15) is 10.5 Å². The molecular formula is C16H11Br3Cl2N2. The zero-order valence-electron chi connectivity index (χ0n) is 11.7. The first-order chi connectivity index (χ1) is 11.1.